The Morgan fingerprint density at radius 1 is 1.38 bits per heavy atom. The largest absolute Gasteiger partial charge is 0.342 e. The maximum Gasteiger partial charge on any atom is 0.222 e. The number of hydrogen-bond donors (Lipinski definition) is 1. The second-order valence-electron chi connectivity index (χ2n) is 4.88. The highest BCUT2D eigenvalue weighted by molar-refractivity contribution is 5.76. The summed E-state index contributed by atoms with van der Waals surface area (Å²) in [4.78, 5) is 13.9. The first kappa shape index (κ1) is 13.5. The molecular weight excluding hydrogens is 200 g/mol. The fourth-order valence-corrected chi connectivity index (χ4v) is 2.39. The maximum atomic E-state index is 11.9. The standard InChI is InChI=1S/C13H26N2O/c1-2-3-4-5-6-13(16)15-10-8-12(11-15)7-9-14/h12H,2-11,14H2,1H3. The van der Waals surface area contributed by atoms with Crippen molar-refractivity contribution in [2.24, 2.45) is 11.7 Å². The van der Waals surface area contributed by atoms with Crippen LogP contribution in [0.2, 0.25) is 0 Å². The van der Waals surface area contributed by atoms with Gasteiger partial charge in [0, 0.05) is 19.5 Å². The van der Waals surface area contributed by atoms with E-state index in [1.807, 2.05) is 4.90 Å². The molecule has 0 radical (unpaired) electrons. The van der Waals surface area contributed by atoms with Crippen LogP contribution in [0.15, 0.2) is 0 Å². The Morgan fingerprint density at radius 3 is 2.88 bits per heavy atom. The van der Waals surface area contributed by atoms with E-state index >= 15 is 0 Å². The highest BCUT2D eigenvalue weighted by Crippen LogP contribution is 2.20. The van der Waals surface area contributed by atoms with Gasteiger partial charge >= 0.3 is 0 Å². The SMILES string of the molecule is CCCCCCC(=O)N1CCC(CCN)C1. The Bertz CT molecular complexity index is 206. The zero-order chi connectivity index (χ0) is 11.8. The van der Waals surface area contributed by atoms with Crippen LogP contribution in [0, 0.1) is 5.92 Å². The molecule has 2 N–H and O–H groups in total. The number of amides is 1. The predicted octanol–water partition coefficient (Wildman–Crippen LogP) is 2.15. The number of likely N-dealkylation sites (tertiary alicyclic amines) is 1. The zero-order valence-corrected chi connectivity index (χ0v) is 10.6. The van der Waals surface area contributed by atoms with Crippen molar-refractivity contribution in [3.05, 3.63) is 0 Å². The van der Waals surface area contributed by atoms with Crippen molar-refractivity contribution in [2.75, 3.05) is 19.6 Å². The molecule has 1 rings (SSSR count). The molecule has 16 heavy (non-hydrogen) atoms. The molecule has 1 aliphatic heterocycles. The van der Waals surface area contributed by atoms with E-state index in [0.717, 1.165) is 45.3 Å². The van der Waals surface area contributed by atoms with Crippen molar-refractivity contribution in [3.8, 4) is 0 Å². The third kappa shape index (κ3) is 4.52. The van der Waals surface area contributed by atoms with E-state index in [0.29, 0.717) is 11.8 Å². The lowest BCUT2D eigenvalue weighted by Gasteiger charge is -2.16. The molecule has 0 saturated carbocycles. The van der Waals surface area contributed by atoms with Gasteiger partial charge in [-0.25, -0.2) is 0 Å². The van der Waals surface area contributed by atoms with E-state index in [9.17, 15) is 4.79 Å². The van der Waals surface area contributed by atoms with Gasteiger partial charge in [0.2, 0.25) is 5.91 Å². The highest BCUT2D eigenvalue weighted by atomic mass is 16.2. The smallest absolute Gasteiger partial charge is 0.222 e. The minimum atomic E-state index is 0.357. The van der Waals surface area contributed by atoms with Gasteiger partial charge in [-0.05, 0) is 31.7 Å². The summed E-state index contributed by atoms with van der Waals surface area (Å²) in [5.74, 6) is 1.01. The molecule has 0 bridgehead atoms. The lowest BCUT2D eigenvalue weighted by molar-refractivity contribution is -0.130. The normalized spacial score (nSPS) is 20.4. The van der Waals surface area contributed by atoms with Crippen LogP contribution in [0.4, 0.5) is 0 Å². The molecule has 0 aliphatic carbocycles. The molecule has 0 spiro atoms. The summed E-state index contributed by atoms with van der Waals surface area (Å²) in [5.41, 5.74) is 5.54. The van der Waals surface area contributed by atoms with Gasteiger partial charge in [0.1, 0.15) is 0 Å². The first-order chi connectivity index (χ1) is 7.77. The number of nitrogens with zero attached hydrogens (tertiary/aromatic N) is 1. The van der Waals surface area contributed by atoms with E-state index in [1.54, 1.807) is 0 Å². The Morgan fingerprint density at radius 2 is 2.19 bits per heavy atom. The Labute approximate surface area is 99.4 Å². The topological polar surface area (TPSA) is 46.3 Å². The number of carbonyl (C=O) groups is 1. The Kier molecular flexibility index (Phi) is 6.46. The number of carbonyl (C=O) groups excluding carboxylic acids is 1. The van der Waals surface area contributed by atoms with E-state index < -0.39 is 0 Å². The third-order valence-corrected chi connectivity index (χ3v) is 3.46. The number of nitrogens with two attached hydrogens (primary N) is 1. The molecule has 1 aliphatic rings. The third-order valence-electron chi connectivity index (χ3n) is 3.46. The van der Waals surface area contributed by atoms with Gasteiger partial charge in [0.05, 0.1) is 0 Å². The zero-order valence-electron chi connectivity index (χ0n) is 10.6. The summed E-state index contributed by atoms with van der Waals surface area (Å²) in [6.45, 7) is 4.85. The fraction of sp³-hybridized carbons (Fsp3) is 0.923. The molecule has 0 aromatic carbocycles. The number of unbranched alkanes of at least 4 members (excludes halogenated alkanes) is 3. The minimum absolute atomic E-state index is 0.357. The molecule has 94 valence electrons. The van der Waals surface area contributed by atoms with Crippen molar-refractivity contribution < 1.29 is 4.79 Å². The van der Waals surface area contributed by atoms with Crippen LogP contribution in [0.1, 0.15) is 51.9 Å². The molecule has 1 amide bonds. The van der Waals surface area contributed by atoms with E-state index in [-0.39, 0.29) is 0 Å². The number of hydrogen-bond acceptors (Lipinski definition) is 2. The van der Waals surface area contributed by atoms with Crippen molar-refractivity contribution >= 4 is 5.91 Å². The van der Waals surface area contributed by atoms with Gasteiger partial charge in [-0.1, -0.05) is 26.2 Å². The summed E-state index contributed by atoms with van der Waals surface area (Å²) >= 11 is 0. The van der Waals surface area contributed by atoms with Gasteiger partial charge in [-0.3, -0.25) is 4.79 Å². The molecular formula is C13H26N2O. The average Bonchev–Trinajstić information content (AvgIpc) is 2.73. The fourth-order valence-electron chi connectivity index (χ4n) is 2.39. The van der Waals surface area contributed by atoms with E-state index in [1.165, 1.54) is 19.3 Å². The summed E-state index contributed by atoms with van der Waals surface area (Å²) in [6, 6.07) is 0. The van der Waals surface area contributed by atoms with Gasteiger partial charge in [0.25, 0.3) is 0 Å². The second kappa shape index (κ2) is 7.66. The Hall–Kier alpha value is -0.570. The molecule has 1 heterocycles. The van der Waals surface area contributed by atoms with E-state index in [2.05, 4.69) is 6.92 Å². The van der Waals surface area contributed by atoms with Crippen molar-refractivity contribution in [2.45, 2.75) is 51.9 Å². The summed E-state index contributed by atoms with van der Waals surface area (Å²) in [6.07, 6.45) is 7.71. The van der Waals surface area contributed by atoms with Crippen LogP contribution in [-0.2, 0) is 4.79 Å². The molecule has 1 saturated heterocycles. The summed E-state index contributed by atoms with van der Waals surface area (Å²) in [7, 11) is 0. The minimum Gasteiger partial charge on any atom is -0.342 e. The second-order valence-corrected chi connectivity index (χ2v) is 4.88. The molecule has 1 unspecified atom stereocenters. The van der Waals surface area contributed by atoms with Crippen LogP contribution in [0.5, 0.6) is 0 Å². The van der Waals surface area contributed by atoms with Crippen LogP contribution < -0.4 is 5.73 Å². The quantitative estimate of drug-likeness (QED) is 0.676. The van der Waals surface area contributed by atoms with Crippen molar-refractivity contribution in [1.82, 2.24) is 4.90 Å². The van der Waals surface area contributed by atoms with Crippen LogP contribution >= 0.6 is 0 Å². The Balaban J connectivity index is 2.13. The van der Waals surface area contributed by atoms with Gasteiger partial charge in [0.15, 0.2) is 0 Å². The lowest BCUT2D eigenvalue weighted by Crippen LogP contribution is -2.28. The van der Waals surface area contributed by atoms with Gasteiger partial charge < -0.3 is 10.6 Å². The van der Waals surface area contributed by atoms with Crippen molar-refractivity contribution in [3.63, 3.8) is 0 Å². The molecule has 0 aromatic heterocycles. The highest BCUT2D eigenvalue weighted by Gasteiger charge is 2.24. The summed E-state index contributed by atoms with van der Waals surface area (Å²) < 4.78 is 0. The van der Waals surface area contributed by atoms with Gasteiger partial charge in [-0.2, -0.15) is 0 Å². The molecule has 3 heteroatoms. The molecule has 0 aromatic rings. The number of rotatable bonds is 7. The summed E-state index contributed by atoms with van der Waals surface area (Å²) in [5, 5.41) is 0. The first-order valence-corrected chi connectivity index (χ1v) is 6.75. The van der Waals surface area contributed by atoms with Gasteiger partial charge in [-0.15, -0.1) is 0 Å². The van der Waals surface area contributed by atoms with Crippen LogP contribution in [-0.4, -0.2) is 30.4 Å². The van der Waals surface area contributed by atoms with Crippen LogP contribution in [0.3, 0.4) is 0 Å². The average molecular weight is 226 g/mol. The van der Waals surface area contributed by atoms with E-state index in [4.69, 9.17) is 5.73 Å². The molecule has 3 nitrogen and oxygen atoms in total. The predicted molar refractivity (Wildman–Crippen MR) is 67.1 cm³/mol. The maximum absolute atomic E-state index is 11.9. The lowest BCUT2D eigenvalue weighted by atomic mass is 10.1. The molecule has 1 atom stereocenters. The first-order valence-electron chi connectivity index (χ1n) is 6.75. The van der Waals surface area contributed by atoms with Crippen LogP contribution in [0.25, 0.3) is 0 Å². The molecule has 1 fully saturated rings. The van der Waals surface area contributed by atoms with Crippen molar-refractivity contribution in [1.29, 1.82) is 0 Å². The monoisotopic (exact) mass is 226 g/mol.